The van der Waals surface area contributed by atoms with Gasteiger partial charge in [-0.25, -0.2) is 0 Å². The first-order valence-electron chi connectivity index (χ1n) is 9.33. The molecule has 1 aliphatic heterocycles. The molecule has 1 aliphatic carbocycles. The second kappa shape index (κ2) is 7.00. The smallest absolute Gasteiger partial charge is 0.0247 e. The summed E-state index contributed by atoms with van der Waals surface area (Å²) in [6.45, 7) is 16.8. The van der Waals surface area contributed by atoms with E-state index in [1.54, 1.807) is 0 Å². The molecule has 0 bridgehead atoms. The Balaban J connectivity index is 2.16. The average molecular weight is 295 g/mol. The molecule has 124 valence electrons. The van der Waals surface area contributed by atoms with E-state index < -0.39 is 0 Å². The third-order valence-electron chi connectivity index (χ3n) is 6.03. The van der Waals surface area contributed by atoms with Crippen molar-refractivity contribution in [3.8, 4) is 0 Å². The highest BCUT2D eigenvalue weighted by molar-refractivity contribution is 4.97. The third kappa shape index (κ3) is 4.01. The van der Waals surface area contributed by atoms with Gasteiger partial charge >= 0.3 is 0 Å². The maximum Gasteiger partial charge on any atom is 0.0247 e. The normalized spacial score (nSPS) is 36.1. The van der Waals surface area contributed by atoms with Crippen molar-refractivity contribution in [1.82, 2.24) is 10.2 Å². The minimum Gasteiger partial charge on any atom is -0.311 e. The standard InChI is InChI=1S/C19H38N2/c1-7-15-10-8-9-11-16(15)21-13-18(19(4,5)6)20-12-17(21)14(2)3/h14-18,20H,7-13H2,1-6H3. The minimum absolute atomic E-state index is 0.358. The van der Waals surface area contributed by atoms with Gasteiger partial charge in [-0.05, 0) is 30.1 Å². The quantitative estimate of drug-likeness (QED) is 0.835. The molecule has 0 aromatic rings. The van der Waals surface area contributed by atoms with E-state index in [-0.39, 0.29) is 0 Å². The van der Waals surface area contributed by atoms with E-state index in [0.717, 1.165) is 23.9 Å². The van der Waals surface area contributed by atoms with Gasteiger partial charge in [-0.1, -0.05) is 60.8 Å². The molecular formula is C19H38N2. The topological polar surface area (TPSA) is 15.3 Å². The first-order chi connectivity index (χ1) is 9.84. The van der Waals surface area contributed by atoms with Crippen LogP contribution in [0.15, 0.2) is 0 Å². The molecule has 0 radical (unpaired) electrons. The monoisotopic (exact) mass is 294 g/mol. The van der Waals surface area contributed by atoms with E-state index >= 15 is 0 Å². The molecule has 2 nitrogen and oxygen atoms in total. The van der Waals surface area contributed by atoms with Crippen molar-refractivity contribution in [3.05, 3.63) is 0 Å². The molecule has 1 N–H and O–H groups in total. The van der Waals surface area contributed by atoms with Crippen LogP contribution in [0, 0.1) is 17.3 Å². The van der Waals surface area contributed by atoms with Gasteiger partial charge in [-0.2, -0.15) is 0 Å². The van der Waals surface area contributed by atoms with Gasteiger partial charge in [0, 0.05) is 31.2 Å². The molecule has 0 aromatic heterocycles. The summed E-state index contributed by atoms with van der Waals surface area (Å²) in [7, 11) is 0. The van der Waals surface area contributed by atoms with Crippen molar-refractivity contribution < 1.29 is 0 Å². The highest BCUT2D eigenvalue weighted by Crippen LogP contribution is 2.35. The van der Waals surface area contributed by atoms with Crippen LogP contribution in [0.4, 0.5) is 0 Å². The fourth-order valence-electron chi connectivity index (χ4n) is 4.47. The Bertz CT molecular complexity index is 318. The van der Waals surface area contributed by atoms with E-state index in [2.05, 4.69) is 51.8 Å². The van der Waals surface area contributed by atoms with Crippen LogP contribution in [0.2, 0.25) is 0 Å². The largest absolute Gasteiger partial charge is 0.311 e. The number of nitrogens with one attached hydrogen (secondary N) is 1. The van der Waals surface area contributed by atoms with Crippen LogP contribution >= 0.6 is 0 Å². The second-order valence-corrected chi connectivity index (χ2v) is 8.86. The Kier molecular flexibility index (Phi) is 5.76. The zero-order valence-electron chi connectivity index (χ0n) is 15.3. The Morgan fingerprint density at radius 3 is 2.38 bits per heavy atom. The predicted octanol–water partition coefficient (Wildman–Crippen LogP) is 4.30. The minimum atomic E-state index is 0.358. The van der Waals surface area contributed by atoms with Crippen molar-refractivity contribution >= 4 is 0 Å². The molecular weight excluding hydrogens is 256 g/mol. The van der Waals surface area contributed by atoms with Crippen LogP contribution in [0.1, 0.15) is 73.6 Å². The fraction of sp³-hybridized carbons (Fsp3) is 1.00. The van der Waals surface area contributed by atoms with Gasteiger partial charge in [0.15, 0.2) is 0 Å². The van der Waals surface area contributed by atoms with E-state index in [9.17, 15) is 0 Å². The molecule has 0 amide bonds. The van der Waals surface area contributed by atoms with Crippen LogP contribution in [0.5, 0.6) is 0 Å². The van der Waals surface area contributed by atoms with Gasteiger partial charge < -0.3 is 5.32 Å². The Morgan fingerprint density at radius 1 is 1.14 bits per heavy atom. The Morgan fingerprint density at radius 2 is 1.81 bits per heavy atom. The summed E-state index contributed by atoms with van der Waals surface area (Å²) in [6, 6.07) is 2.19. The molecule has 0 spiro atoms. The lowest BCUT2D eigenvalue weighted by molar-refractivity contribution is -0.00669. The number of hydrogen-bond acceptors (Lipinski definition) is 2. The SMILES string of the molecule is CCC1CCCCC1N1CC(C(C)(C)C)NCC1C(C)C. The molecule has 2 fully saturated rings. The van der Waals surface area contributed by atoms with Crippen molar-refractivity contribution in [2.75, 3.05) is 13.1 Å². The van der Waals surface area contributed by atoms with Crippen molar-refractivity contribution in [3.63, 3.8) is 0 Å². The van der Waals surface area contributed by atoms with Crippen molar-refractivity contribution in [1.29, 1.82) is 0 Å². The summed E-state index contributed by atoms with van der Waals surface area (Å²) in [4.78, 5) is 2.92. The molecule has 4 unspecified atom stereocenters. The molecule has 1 saturated heterocycles. The van der Waals surface area contributed by atoms with E-state index in [0.29, 0.717) is 11.5 Å². The summed E-state index contributed by atoms with van der Waals surface area (Å²) < 4.78 is 0. The van der Waals surface area contributed by atoms with E-state index in [1.807, 2.05) is 0 Å². The van der Waals surface area contributed by atoms with E-state index in [4.69, 9.17) is 0 Å². The van der Waals surface area contributed by atoms with Crippen LogP contribution in [0.25, 0.3) is 0 Å². The lowest BCUT2D eigenvalue weighted by atomic mass is 9.78. The highest BCUT2D eigenvalue weighted by atomic mass is 15.3. The van der Waals surface area contributed by atoms with Crippen molar-refractivity contribution in [2.24, 2.45) is 17.3 Å². The first kappa shape index (κ1) is 17.3. The summed E-state index contributed by atoms with van der Waals surface area (Å²) in [5, 5.41) is 3.85. The number of hydrogen-bond donors (Lipinski definition) is 1. The van der Waals surface area contributed by atoms with Gasteiger partial charge in [-0.3, -0.25) is 4.90 Å². The van der Waals surface area contributed by atoms with Gasteiger partial charge in [-0.15, -0.1) is 0 Å². The summed E-state index contributed by atoms with van der Waals surface area (Å²) in [5.74, 6) is 1.68. The van der Waals surface area contributed by atoms with Gasteiger partial charge in [0.2, 0.25) is 0 Å². The van der Waals surface area contributed by atoms with Crippen molar-refractivity contribution in [2.45, 2.75) is 91.8 Å². The summed E-state index contributed by atoms with van der Waals surface area (Å²) in [5.41, 5.74) is 0.358. The van der Waals surface area contributed by atoms with Gasteiger partial charge in [0.05, 0.1) is 0 Å². The maximum absolute atomic E-state index is 3.85. The highest BCUT2D eigenvalue weighted by Gasteiger charge is 2.40. The Labute approximate surface area is 133 Å². The molecule has 2 heteroatoms. The first-order valence-corrected chi connectivity index (χ1v) is 9.33. The van der Waals surface area contributed by atoms with Gasteiger partial charge in [0.25, 0.3) is 0 Å². The molecule has 2 rings (SSSR count). The van der Waals surface area contributed by atoms with Crippen LogP contribution < -0.4 is 5.32 Å². The fourth-order valence-corrected chi connectivity index (χ4v) is 4.47. The second-order valence-electron chi connectivity index (χ2n) is 8.86. The average Bonchev–Trinajstić information content (AvgIpc) is 2.45. The lowest BCUT2D eigenvalue weighted by Gasteiger charge is -2.52. The van der Waals surface area contributed by atoms with Gasteiger partial charge in [0.1, 0.15) is 0 Å². The molecule has 1 saturated carbocycles. The zero-order valence-corrected chi connectivity index (χ0v) is 15.3. The molecule has 21 heavy (non-hydrogen) atoms. The summed E-state index contributed by atoms with van der Waals surface area (Å²) >= 11 is 0. The maximum atomic E-state index is 3.85. The lowest BCUT2D eigenvalue weighted by Crippen LogP contribution is -2.65. The van der Waals surface area contributed by atoms with E-state index in [1.165, 1.54) is 45.2 Å². The van der Waals surface area contributed by atoms with Crippen LogP contribution in [-0.4, -0.2) is 36.1 Å². The number of nitrogens with zero attached hydrogens (tertiary/aromatic N) is 1. The van der Waals surface area contributed by atoms with Crippen LogP contribution in [0.3, 0.4) is 0 Å². The number of piperazine rings is 1. The molecule has 4 atom stereocenters. The number of rotatable bonds is 3. The Hall–Kier alpha value is -0.0800. The molecule has 1 heterocycles. The predicted molar refractivity (Wildman–Crippen MR) is 92.6 cm³/mol. The van der Waals surface area contributed by atoms with Crippen LogP contribution in [-0.2, 0) is 0 Å². The summed E-state index contributed by atoms with van der Waals surface area (Å²) in [6.07, 6.45) is 7.14. The molecule has 0 aromatic carbocycles. The third-order valence-corrected chi connectivity index (χ3v) is 6.03. The molecule has 2 aliphatic rings. The zero-order chi connectivity index (χ0) is 15.6.